The monoisotopic (exact) mass is 234 g/mol. The number of carboxylic acids is 1. The minimum absolute atomic E-state index is 0.251. The molecule has 1 unspecified atom stereocenters. The molecule has 0 saturated heterocycles. The Kier molecular flexibility index (Phi) is 5.20. The summed E-state index contributed by atoms with van der Waals surface area (Å²) in [6, 6.07) is 6.60. The number of carbonyl (C=O) groups is 1. The number of aryl methyl sites for hydroxylation is 2. The van der Waals surface area contributed by atoms with Crippen molar-refractivity contribution in [2.75, 3.05) is 0 Å². The van der Waals surface area contributed by atoms with E-state index in [-0.39, 0.29) is 6.42 Å². The number of carboxylic acid groups (broad SMARTS) is 1. The summed E-state index contributed by atoms with van der Waals surface area (Å²) in [4.78, 5) is 10.6. The number of benzene rings is 1. The highest BCUT2D eigenvalue weighted by Crippen LogP contribution is 2.26. The Bertz CT molecular complexity index is 383. The number of hydrogen-bond donors (Lipinski definition) is 1. The van der Waals surface area contributed by atoms with Crippen LogP contribution in [0.15, 0.2) is 18.2 Å². The summed E-state index contributed by atoms with van der Waals surface area (Å²) in [5, 5.41) is 8.74. The average Bonchev–Trinajstić information content (AvgIpc) is 2.34. The van der Waals surface area contributed by atoms with Crippen molar-refractivity contribution in [3.8, 4) is 0 Å². The molecule has 0 saturated carbocycles. The van der Waals surface area contributed by atoms with Gasteiger partial charge < -0.3 is 5.11 Å². The molecule has 1 N–H and O–H groups in total. The Morgan fingerprint density at radius 2 is 2.00 bits per heavy atom. The van der Waals surface area contributed by atoms with Gasteiger partial charge in [-0.1, -0.05) is 39.0 Å². The molecule has 94 valence electrons. The maximum Gasteiger partial charge on any atom is 0.303 e. The molecule has 0 aromatic heterocycles. The zero-order valence-electron chi connectivity index (χ0n) is 11.0. The largest absolute Gasteiger partial charge is 0.481 e. The standard InChI is InChI=1S/C15H22O2/c1-4-12-7-8-13(5-2)14(10-12)11(3)6-9-15(16)17/h7-8,10-11H,4-6,9H2,1-3H3,(H,16,17). The normalized spacial score (nSPS) is 12.4. The van der Waals surface area contributed by atoms with Crippen LogP contribution < -0.4 is 0 Å². The van der Waals surface area contributed by atoms with Crippen molar-refractivity contribution in [2.45, 2.75) is 52.4 Å². The van der Waals surface area contributed by atoms with Crippen molar-refractivity contribution in [1.82, 2.24) is 0 Å². The Morgan fingerprint density at radius 1 is 1.29 bits per heavy atom. The smallest absolute Gasteiger partial charge is 0.303 e. The highest BCUT2D eigenvalue weighted by molar-refractivity contribution is 5.66. The number of hydrogen-bond acceptors (Lipinski definition) is 1. The van der Waals surface area contributed by atoms with Crippen molar-refractivity contribution >= 4 is 5.97 Å². The lowest BCUT2D eigenvalue weighted by Crippen LogP contribution is -2.03. The fourth-order valence-corrected chi connectivity index (χ4v) is 2.14. The molecule has 1 aromatic carbocycles. The van der Waals surface area contributed by atoms with Crippen LogP contribution in [-0.2, 0) is 17.6 Å². The van der Waals surface area contributed by atoms with E-state index in [1.54, 1.807) is 0 Å². The van der Waals surface area contributed by atoms with E-state index < -0.39 is 5.97 Å². The third kappa shape index (κ3) is 3.88. The summed E-state index contributed by atoms with van der Waals surface area (Å²) in [6.07, 6.45) is 3.01. The molecular formula is C15H22O2. The van der Waals surface area contributed by atoms with Crippen LogP contribution in [0.4, 0.5) is 0 Å². The van der Waals surface area contributed by atoms with Gasteiger partial charge in [0, 0.05) is 6.42 Å². The molecule has 0 aliphatic carbocycles. The van der Waals surface area contributed by atoms with Crippen molar-refractivity contribution in [3.05, 3.63) is 34.9 Å². The molecule has 0 heterocycles. The van der Waals surface area contributed by atoms with Crippen molar-refractivity contribution < 1.29 is 9.90 Å². The molecule has 0 aliphatic heterocycles. The van der Waals surface area contributed by atoms with E-state index in [1.807, 2.05) is 0 Å². The van der Waals surface area contributed by atoms with Crippen molar-refractivity contribution in [3.63, 3.8) is 0 Å². The Labute approximate surface area is 104 Å². The lowest BCUT2D eigenvalue weighted by Gasteiger charge is -2.16. The molecule has 1 aromatic rings. The van der Waals surface area contributed by atoms with Gasteiger partial charge >= 0.3 is 5.97 Å². The Hall–Kier alpha value is -1.31. The second-order valence-electron chi connectivity index (χ2n) is 4.57. The SMILES string of the molecule is CCc1ccc(CC)c(C(C)CCC(=O)O)c1. The first kappa shape index (κ1) is 13.8. The molecule has 0 radical (unpaired) electrons. The molecule has 0 aliphatic rings. The van der Waals surface area contributed by atoms with Gasteiger partial charge in [0.15, 0.2) is 0 Å². The summed E-state index contributed by atoms with van der Waals surface area (Å²) >= 11 is 0. The van der Waals surface area contributed by atoms with Gasteiger partial charge in [0.2, 0.25) is 0 Å². The van der Waals surface area contributed by atoms with Gasteiger partial charge in [-0.3, -0.25) is 4.79 Å². The Balaban J connectivity index is 2.88. The molecule has 2 nitrogen and oxygen atoms in total. The topological polar surface area (TPSA) is 37.3 Å². The third-order valence-electron chi connectivity index (χ3n) is 3.32. The fourth-order valence-electron chi connectivity index (χ4n) is 2.14. The molecule has 0 bridgehead atoms. The molecule has 1 atom stereocenters. The first-order valence-corrected chi connectivity index (χ1v) is 6.41. The third-order valence-corrected chi connectivity index (χ3v) is 3.32. The molecule has 0 spiro atoms. The Morgan fingerprint density at radius 3 is 2.53 bits per heavy atom. The van der Waals surface area contributed by atoms with E-state index in [9.17, 15) is 4.79 Å². The maximum atomic E-state index is 10.6. The zero-order chi connectivity index (χ0) is 12.8. The van der Waals surface area contributed by atoms with Gasteiger partial charge in [-0.05, 0) is 41.9 Å². The van der Waals surface area contributed by atoms with Crippen LogP contribution in [0.25, 0.3) is 0 Å². The van der Waals surface area contributed by atoms with Gasteiger partial charge in [0.05, 0.1) is 0 Å². The predicted octanol–water partition coefficient (Wildman–Crippen LogP) is 3.78. The van der Waals surface area contributed by atoms with E-state index in [1.165, 1.54) is 16.7 Å². The van der Waals surface area contributed by atoms with E-state index in [2.05, 4.69) is 39.0 Å². The molecule has 0 amide bonds. The lowest BCUT2D eigenvalue weighted by molar-refractivity contribution is -0.137. The van der Waals surface area contributed by atoms with Crippen molar-refractivity contribution in [2.24, 2.45) is 0 Å². The second kappa shape index (κ2) is 6.43. The zero-order valence-corrected chi connectivity index (χ0v) is 11.0. The molecular weight excluding hydrogens is 212 g/mol. The summed E-state index contributed by atoms with van der Waals surface area (Å²) in [5.41, 5.74) is 4.01. The van der Waals surface area contributed by atoms with Gasteiger partial charge in [0.25, 0.3) is 0 Å². The van der Waals surface area contributed by atoms with Crippen LogP contribution in [0.2, 0.25) is 0 Å². The highest BCUT2D eigenvalue weighted by Gasteiger charge is 2.12. The molecule has 2 heteroatoms. The summed E-state index contributed by atoms with van der Waals surface area (Å²) in [6.45, 7) is 6.41. The van der Waals surface area contributed by atoms with E-state index in [0.717, 1.165) is 19.3 Å². The maximum absolute atomic E-state index is 10.6. The van der Waals surface area contributed by atoms with Gasteiger partial charge in [-0.2, -0.15) is 0 Å². The summed E-state index contributed by atoms with van der Waals surface area (Å²) in [7, 11) is 0. The fraction of sp³-hybridized carbons (Fsp3) is 0.533. The van der Waals surface area contributed by atoms with Crippen molar-refractivity contribution in [1.29, 1.82) is 0 Å². The lowest BCUT2D eigenvalue weighted by atomic mass is 9.89. The van der Waals surface area contributed by atoms with E-state index >= 15 is 0 Å². The van der Waals surface area contributed by atoms with Crippen LogP contribution in [0.5, 0.6) is 0 Å². The minimum atomic E-state index is -0.707. The highest BCUT2D eigenvalue weighted by atomic mass is 16.4. The second-order valence-corrected chi connectivity index (χ2v) is 4.57. The van der Waals surface area contributed by atoms with Crippen LogP contribution >= 0.6 is 0 Å². The van der Waals surface area contributed by atoms with Gasteiger partial charge in [0.1, 0.15) is 0 Å². The minimum Gasteiger partial charge on any atom is -0.481 e. The van der Waals surface area contributed by atoms with Crippen LogP contribution in [0.3, 0.4) is 0 Å². The summed E-state index contributed by atoms with van der Waals surface area (Å²) < 4.78 is 0. The van der Waals surface area contributed by atoms with Crippen LogP contribution in [-0.4, -0.2) is 11.1 Å². The first-order chi connectivity index (χ1) is 8.08. The first-order valence-electron chi connectivity index (χ1n) is 6.41. The van der Waals surface area contributed by atoms with E-state index in [4.69, 9.17) is 5.11 Å². The van der Waals surface area contributed by atoms with Crippen LogP contribution in [0.1, 0.15) is 56.2 Å². The van der Waals surface area contributed by atoms with Gasteiger partial charge in [-0.15, -0.1) is 0 Å². The quantitative estimate of drug-likeness (QED) is 0.813. The van der Waals surface area contributed by atoms with Crippen LogP contribution in [0, 0.1) is 0 Å². The molecule has 17 heavy (non-hydrogen) atoms. The molecule has 1 rings (SSSR count). The summed E-state index contributed by atoms with van der Waals surface area (Å²) in [5.74, 6) is -0.380. The predicted molar refractivity (Wildman–Crippen MR) is 70.5 cm³/mol. The number of rotatable bonds is 6. The molecule has 0 fully saturated rings. The number of aliphatic carboxylic acids is 1. The van der Waals surface area contributed by atoms with Gasteiger partial charge in [-0.25, -0.2) is 0 Å². The average molecular weight is 234 g/mol. The van der Waals surface area contributed by atoms with E-state index in [0.29, 0.717) is 5.92 Å².